The van der Waals surface area contributed by atoms with Crippen molar-refractivity contribution >= 4 is 11.6 Å². The molecule has 2 nitrogen and oxygen atoms in total. The molecule has 1 aromatic rings. The minimum absolute atomic E-state index is 0.164. The van der Waals surface area contributed by atoms with Gasteiger partial charge in [0.15, 0.2) is 0 Å². The Kier molecular flexibility index (Phi) is 4.37. The molecule has 17 heavy (non-hydrogen) atoms. The second-order valence-corrected chi connectivity index (χ2v) is 4.95. The third kappa shape index (κ3) is 3.18. The summed E-state index contributed by atoms with van der Waals surface area (Å²) >= 11 is 5.91. The Balaban J connectivity index is 2.07. The summed E-state index contributed by atoms with van der Waals surface area (Å²) < 4.78 is 13.7. The molecule has 1 fully saturated rings. The van der Waals surface area contributed by atoms with Gasteiger partial charge in [-0.2, -0.15) is 0 Å². The maximum Gasteiger partial charge on any atom is 0.127 e. The molecule has 94 valence electrons. The summed E-state index contributed by atoms with van der Waals surface area (Å²) in [5.41, 5.74) is 0.692. The van der Waals surface area contributed by atoms with E-state index in [0.717, 1.165) is 26.1 Å². The minimum atomic E-state index is -0.164. The SMILES string of the molecule is CCCN(Cc1cc(Cl)ccc1F)C1CNC1. The molecule has 0 bridgehead atoms. The molecular formula is C13H18ClFN2. The van der Waals surface area contributed by atoms with Gasteiger partial charge in [-0.15, -0.1) is 0 Å². The second-order valence-electron chi connectivity index (χ2n) is 4.52. The Bertz CT molecular complexity index is 380. The van der Waals surface area contributed by atoms with E-state index >= 15 is 0 Å². The summed E-state index contributed by atoms with van der Waals surface area (Å²) in [5, 5.41) is 3.85. The zero-order valence-electron chi connectivity index (χ0n) is 10.0. The summed E-state index contributed by atoms with van der Waals surface area (Å²) in [6, 6.07) is 5.30. The Hall–Kier alpha value is -0.640. The number of rotatable bonds is 5. The van der Waals surface area contributed by atoms with Crippen molar-refractivity contribution in [2.45, 2.75) is 25.9 Å². The molecule has 0 saturated carbocycles. The van der Waals surface area contributed by atoms with Crippen molar-refractivity contribution in [3.05, 3.63) is 34.6 Å². The predicted octanol–water partition coefficient (Wildman–Crippen LogP) is 2.66. The molecule has 4 heteroatoms. The summed E-state index contributed by atoms with van der Waals surface area (Å²) in [5.74, 6) is -0.164. The highest BCUT2D eigenvalue weighted by Crippen LogP contribution is 2.18. The van der Waals surface area contributed by atoms with Crippen molar-refractivity contribution in [2.75, 3.05) is 19.6 Å². The summed E-state index contributed by atoms with van der Waals surface area (Å²) in [7, 11) is 0. The minimum Gasteiger partial charge on any atom is -0.314 e. The van der Waals surface area contributed by atoms with E-state index < -0.39 is 0 Å². The highest BCUT2D eigenvalue weighted by atomic mass is 35.5. The Morgan fingerprint density at radius 1 is 1.47 bits per heavy atom. The van der Waals surface area contributed by atoms with Crippen molar-refractivity contribution < 1.29 is 4.39 Å². The first-order valence-electron chi connectivity index (χ1n) is 6.09. The highest BCUT2D eigenvalue weighted by Gasteiger charge is 2.24. The third-order valence-corrected chi connectivity index (χ3v) is 3.40. The molecule has 0 radical (unpaired) electrons. The zero-order valence-corrected chi connectivity index (χ0v) is 10.8. The molecule has 0 amide bonds. The Labute approximate surface area is 107 Å². The number of benzene rings is 1. The van der Waals surface area contributed by atoms with Crippen LogP contribution in [-0.2, 0) is 6.54 Å². The van der Waals surface area contributed by atoms with Crippen LogP contribution >= 0.6 is 11.6 Å². The van der Waals surface area contributed by atoms with Crippen LogP contribution < -0.4 is 5.32 Å². The van der Waals surface area contributed by atoms with E-state index in [2.05, 4.69) is 17.1 Å². The summed E-state index contributed by atoms with van der Waals surface area (Å²) in [6.07, 6.45) is 1.08. The van der Waals surface area contributed by atoms with Crippen molar-refractivity contribution in [1.29, 1.82) is 0 Å². The van der Waals surface area contributed by atoms with Crippen LogP contribution in [0.5, 0.6) is 0 Å². The van der Waals surface area contributed by atoms with Crippen molar-refractivity contribution in [1.82, 2.24) is 10.2 Å². The van der Waals surface area contributed by atoms with Gasteiger partial charge in [-0.1, -0.05) is 18.5 Å². The molecular weight excluding hydrogens is 239 g/mol. The van der Waals surface area contributed by atoms with Gasteiger partial charge in [-0.25, -0.2) is 4.39 Å². The number of nitrogens with zero attached hydrogens (tertiary/aromatic N) is 1. The molecule has 1 aliphatic rings. The van der Waals surface area contributed by atoms with Crippen LogP contribution in [0.1, 0.15) is 18.9 Å². The maximum atomic E-state index is 13.7. The van der Waals surface area contributed by atoms with Crippen molar-refractivity contribution in [3.63, 3.8) is 0 Å². The maximum absolute atomic E-state index is 13.7. The molecule has 1 aromatic carbocycles. The first kappa shape index (κ1) is 12.8. The van der Waals surface area contributed by atoms with E-state index in [9.17, 15) is 4.39 Å². The Morgan fingerprint density at radius 3 is 2.82 bits per heavy atom. The number of halogens is 2. The van der Waals surface area contributed by atoms with Crippen LogP contribution in [0.15, 0.2) is 18.2 Å². The average Bonchev–Trinajstić information content (AvgIpc) is 2.21. The lowest BCUT2D eigenvalue weighted by Gasteiger charge is -2.38. The van der Waals surface area contributed by atoms with Gasteiger partial charge in [0, 0.05) is 36.3 Å². The normalized spacial score (nSPS) is 16.2. The molecule has 1 N–H and O–H groups in total. The van der Waals surface area contributed by atoms with Gasteiger partial charge in [0.05, 0.1) is 0 Å². The lowest BCUT2D eigenvalue weighted by atomic mass is 10.1. The molecule has 0 aliphatic carbocycles. The summed E-state index contributed by atoms with van der Waals surface area (Å²) in [6.45, 7) is 5.79. The van der Waals surface area contributed by atoms with E-state index in [4.69, 9.17) is 11.6 Å². The molecule has 0 atom stereocenters. The number of hydrogen-bond acceptors (Lipinski definition) is 2. The first-order valence-corrected chi connectivity index (χ1v) is 6.47. The van der Waals surface area contributed by atoms with Gasteiger partial charge in [0.2, 0.25) is 0 Å². The van der Waals surface area contributed by atoms with Crippen LogP contribution in [0.4, 0.5) is 4.39 Å². The van der Waals surface area contributed by atoms with Crippen LogP contribution in [0.25, 0.3) is 0 Å². The smallest absolute Gasteiger partial charge is 0.127 e. The molecule has 0 spiro atoms. The molecule has 1 aliphatic heterocycles. The second kappa shape index (κ2) is 5.80. The third-order valence-electron chi connectivity index (χ3n) is 3.17. The van der Waals surface area contributed by atoms with Crippen LogP contribution in [0.3, 0.4) is 0 Å². The van der Waals surface area contributed by atoms with Gasteiger partial charge in [0.1, 0.15) is 5.82 Å². The van der Waals surface area contributed by atoms with E-state index in [1.165, 1.54) is 6.07 Å². The molecule has 1 heterocycles. The Morgan fingerprint density at radius 2 is 2.24 bits per heavy atom. The van der Waals surface area contributed by atoms with Gasteiger partial charge in [-0.3, -0.25) is 4.90 Å². The average molecular weight is 257 g/mol. The lowest BCUT2D eigenvalue weighted by molar-refractivity contribution is 0.136. The van der Waals surface area contributed by atoms with E-state index in [0.29, 0.717) is 23.2 Å². The fourth-order valence-electron chi connectivity index (χ4n) is 2.09. The van der Waals surface area contributed by atoms with Crippen molar-refractivity contribution in [2.24, 2.45) is 0 Å². The van der Waals surface area contributed by atoms with Crippen LogP contribution in [0.2, 0.25) is 5.02 Å². The largest absolute Gasteiger partial charge is 0.314 e. The number of nitrogens with one attached hydrogen (secondary N) is 1. The fraction of sp³-hybridized carbons (Fsp3) is 0.538. The highest BCUT2D eigenvalue weighted by molar-refractivity contribution is 6.30. The number of hydrogen-bond donors (Lipinski definition) is 1. The predicted molar refractivity (Wildman–Crippen MR) is 68.8 cm³/mol. The fourth-order valence-corrected chi connectivity index (χ4v) is 2.29. The molecule has 0 unspecified atom stereocenters. The van der Waals surface area contributed by atoms with Crippen LogP contribution in [-0.4, -0.2) is 30.6 Å². The zero-order chi connectivity index (χ0) is 12.3. The molecule has 2 rings (SSSR count). The van der Waals surface area contributed by atoms with Gasteiger partial charge >= 0.3 is 0 Å². The van der Waals surface area contributed by atoms with Crippen molar-refractivity contribution in [3.8, 4) is 0 Å². The lowest BCUT2D eigenvalue weighted by Crippen LogP contribution is -2.57. The van der Waals surface area contributed by atoms with Crippen LogP contribution in [0, 0.1) is 5.82 Å². The van der Waals surface area contributed by atoms with E-state index in [1.54, 1.807) is 12.1 Å². The van der Waals surface area contributed by atoms with E-state index in [-0.39, 0.29) is 5.82 Å². The molecule has 1 saturated heterocycles. The monoisotopic (exact) mass is 256 g/mol. The van der Waals surface area contributed by atoms with Gasteiger partial charge in [0.25, 0.3) is 0 Å². The van der Waals surface area contributed by atoms with Gasteiger partial charge < -0.3 is 5.32 Å². The quantitative estimate of drug-likeness (QED) is 0.871. The topological polar surface area (TPSA) is 15.3 Å². The van der Waals surface area contributed by atoms with E-state index in [1.807, 2.05) is 0 Å². The van der Waals surface area contributed by atoms with Gasteiger partial charge in [-0.05, 0) is 31.2 Å². The molecule has 0 aromatic heterocycles. The first-order chi connectivity index (χ1) is 8.20. The standard InChI is InChI=1S/C13H18ClFN2/c1-2-5-17(12-7-16-8-12)9-10-6-11(14)3-4-13(10)15/h3-4,6,12,16H,2,5,7-9H2,1H3. The summed E-state index contributed by atoms with van der Waals surface area (Å²) in [4.78, 5) is 2.32.